The lowest BCUT2D eigenvalue weighted by molar-refractivity contribution is 0.0998. The highest BCUT2D eigenvalue weighted by atomic mass is 16.5. The van der Waals surface area contributed by atoms with Crippen LogP contribution in [0.3, 0.4) is 0 Å². The highest BCUT2D eigenvalue weighted by Gasteiger charge is 2.38. The van der Waals surface area contributed by atoms with Crippen molar-refractivity contribution in [1.29, 1.82) is 0 Å². The summed E-state index contributed by atoms with van der Waals surface area (Å²) >= 11 is 0. The van der Waals surface area contributed by atoms with Crippen molar-refractivity contribution in [3.8, 4) is 5.75 Å². The van der Waals surface area contributed by atoms with E-state index in [2.05, 4.69) is 50.8 Å². The Bertz CT molecular complexity index is 504. The minimum absolute atomic E-state index is 0.214. The predicted octanol–water partition coefficient (Wildman–Crippen LogP) is 3.67. The summed E-state index contributed by atoms with van der Waals surface area (Å²) in [6, 6.07) is 8.87. The maximum atomic E-state index is 6.36. The number of methoxy groups -OCH3 is 1. The summed E-state index contributed by atoms with van der Waals surface area (Å²) in [5.41, 5.74) is 7.97. The van der Waals surface area contributed by atoms with Gasteiger partial charge < -0.3 is 15.4 Å². The van der Waals surface area contributed by atoms with Gasteiger partial charge >= 0.3 is 0 Å². The third-order valence-electron chi connectivity index (χ3n) is 6.14. The standard InChI is InChI=1S/C20H34N2O/c1-6-15(2)19(21)14-22-11-10-20(4,16(3)13-22)17-8-7-9-18(12-17)23-5/h7-9,12,15-16,19H,6,10-11,13-14,21H2,1-5H3/t15-,16-,19+,20+/m0/s1. The molecule has 1 aromatic rings. The summed E-state index contributed by atoms with van der Waals surface area (Å²) < 4.78 is 5.41. The summed E-state index contributed by atoms with van der Waals surface area (Å²) in [5, 5.41) is 0. The highest BCUT2D eigenvalue weighted by molar-refractivity contribution is 5.34. The second kappa shape index (κ2) is 7.67. The van der Waals surface area contributed by atoms with Crippen LogP contribution < -0.4 is 10.5 Å². The van der Waals surface area contributed by atoms with Crippen LogP contribution in [0.1, 0.15) is 46.1 Å². The molecule has 2 rings (SSSR count). The molecule has 0 bridgehead atoms. The predicted molar refractivity (Wildman–Crippen MR) is 98.0 cm³/mol. The van der Waals surface area contributed by atoms with Gasteiger partial charge in [0, 0.05) is 19.1 Å². The van der Waals surface area contributed by atoms with Gasteiger partial charge in [-0.3, -0.25) is 0 Å². The van der Waals surface area contributed by atoms with E-state index in [-0.39, 0.29) is 11.5 Å². The molecule has 0 spiro atoms. The van der Waals surface area contributed by atoms with Crippen molar-refractivity contribution in [2.45, 2.75) is 52.0 Å². The Morgan fingerprint density at radius 1 is 1.43 bits per heavy atom. The van der Waals surface area contributed by atoms with Crippen molar-refractivity contribution in [2.24, 2.45) is 17.6 Å². The van der Waals surface area contributed by atoms with Crippen LogP contribution in [0, 0.1) is 11.8 Å². The van der Waals surface area contributed by atoms with Gasteiger partial charge in [0.05, 0.1) is 7.11 Å². The first-order valence-corrected chi connectivity index (χ1v) is 9.03. The average Bonchev–Trinajstić information content (AvgIpc) is 2.57. The van der Waals surface area contributed by atoms with Crippen LogP contribution >= 0.6 is 0 Å². The number of nitrogens with zero attached hydrogens (tertiary/aromatic N) is 1. The molecule has 1 saturated heterocycles. The summed E-state index contributed by atoms with van der Waals surface area (Å²) in [6.07, 6.45) is 2.33. The Morgan fingerprint density at radius 3 is 2.78 bits per heavy atom. The molecule has 0 aliphatic carbocycles. The van der Waals surface area contributed by atoms with Gasteiger partial charge in [-0.15, -0.1) is 0 Å². The minimum Gasteiger partial charge on any atom is -0.497 e. The van der Waals surface area contributed by atoms with E-state index in [1.165, 1.54) is 12.0 Å². The second-order valence-electron chi connectivity index (χ2n) is 7.61. The lowest BCUT2D eigenvalue weighted by atomic mass is 9.68. The summed E-state index contributed by atoms with van der Waals surface area (Å²) in [5.74, 6) is 2.15. The molecule has 1 aliphatic rings. The van der Waals surface area contributed by atoms with Gasteiger partial charge in [-0.05, 0) is 47.9 Å². The normalized spacial score (nSPS) is 28.3. The zero-order valence-corrected chi connectivity index (χ0v) is 15.5. The molecular weight excluding hydrogens is 284 g/mol. The van der Waals surface area contributed by atoms with Gasteiger partial charge in [0.15, 0.2) is 0 Å². The number of hydrogen-bond acceptors (Lipinski definition) is 3. The molecule has 0 amide bonds. The van der Waals surface area contributed by atoms with Gasteiger partial charge in [0.25, 0.3) is 0 Å². The largest absolute Gasteiger partial charge is 0.497 e. The monoisotopic (exact) mass is 318 g/mol. The molecule has 1 aliphatic heterocycles. The van der Waals surface area contributed by atoms with E-state index in [1.54, 1.807) is 7.11 Å². The number of nitrogens with two attached hydrogens (primary N) is 1. The van der Waals surface area contributed by atoms with Crippen molar-refractivity contribution in [3.63, 3.8) is 0 Å². The summed E-state index contributed by atoms with van der Waals surface area (Å²) in [7, 11) is 1.74. The molecule has 2 N–H and O–H groups in total. The lowest BCUT2D eigenvalue weighted by Crippen LogP contribution is -2.51. The topological polar surface area (TPSA) is 38.5 Å². The van der Waals surface area contributed by atoms with Crippen LogP contribution in [0.5, 0.6) is 5.75 Å². The fourth-order valence-electron chi connectivity index (χ4n) is 3.67. The Kier molecular flexibility index (Phi) is 6.10. The molecule has 1 aromatic carbocycles. The molecule has 3 nitrogen and oxygen atoms in total. The summed E-state index contributed by atoms with van der Waals surface area (Å²) in [4.78, 5) is 2.56. The van der Waals surface area contributed by atoms with E-state index in [0.29, 0.717) is 11.8 Å². The number of benzene rings is 1. The zero-order valence-electron chi connectivity index (χ0n) is 15.5. The molecule has 3 heteroatoms. The molecule has 0 aromatic heterocycles. The van der Waals surface area contributed by atoms with Gasteiger partial charge in [0.1, 0.15) is 5.75 Å². The van der Waals surface area contributed by atoms with Crippen LogP contribution in [0.15, 0.2) is 24.3 Å². The maximum Gasteiger partial charge on any atom is 0.119 e. The minimum atomic E-state index is 0.214. The van der Waals surface area contributed by atoms with E-state index < -0.39 is 0 Å². The molecule has 1 fully saturated rings. The maximum absolute atomic E-state index is 6.36. The van der Waals surface area contributed by atoms with Gasteiger partial charge in [0.2, 0.25) is 0 Å². The first-order valence-electron chi connectivity index (χ1n) is 9.03. The molecule has 0 unspecified atom stereocenters. The van der Waals surface area contributed by atoms with Gasteiger partial charge in [-0.1, -0.05) is 46.2 Å². The summed E-state index contributed by atoms with van der Waals surface area (Å²) in [6.45, 7) is 12.5. The fourth-order valence-corrected chi connectivity index (χ4v) is 3.67. The Hall–Kier alpha value is -1.06. The molecule has 1 heterocycles. The lowest BCUT2D eigenvalue weighted by Gasteiger charge is -2.46. The first kappa shape index (κ1) is 18.3. The second-order valence-corrected chi connectivity index (χ2v) is 7.61. The number of ether oxygens (including phenoxy) is 1. The fraction of sp³-hybridized carbons (Fsp3) is 0.700. The molecule has 130 valence electrons. The van der Waals surface area contributed by atoms with Crippen LogP contribution in [-0.4, -0.2) is 37.7 Å². The van der Waals surface area contributed by atoms with Crippen molar-refractivity contribution in [3.05, 3.63) is 29.8 Å². The van der Waals surface area contributed by atoms with Crippen LogP contribution in [0.4, 0.5) is 0 Å². The first-order chi connectivity index (χ1) is 10.9. The smallest absolute Gasteiger partial charge is 0.119 e. The molecule has 4 atom stereocenters. The number of rotatable bonds is 6. The Labute approximate surface area is 142 Å². The van der Waals surface area contributed by atoms with E-state index in [1.807, 2.05) is 6.07 Å². The van der Waals surface area contributed by atoms with E-state index in [4.69, 9.17) is 10.5 Å². The van der Waals surface area contributed by atoms with Crippen molar-refractivity contribution < 1.29 is 4.74 Å². The van der Waals surface area contributed by atoms with E-state index in [0.717, 1.165) is 31.8 Å². The number of likely N-dealkylation sites (tertiary alicyclic amines) is 1. The SMILES string of the molecule is CC[C@H](C)[C@H](N)CN1CC[C@@](C)(c2cccc(OC)c2)[C@@H](C)C1. The molecule has 23 heavy (non-hydrogen) atoms. The number of hydrogen-bond donors (Lipinski definition) is 1. The Balaban J connectivity index is 2.05. The van der Waals surface area contributed by atoms with E-state index in [9.17, 15) is 0 Å². The van der Waals surface area contributed by atoms with Crippen molar-refractivity contribution in [2.75, 3.05) is 26.7 Å². The highest BCUT2D eigenvalue weighted by Crippen LogP contribution is 2.40. The molecular formula is C20H34N2O. The third kappa shape index (κ3) is 4.07. The van der Waals surface area contributed by atoms with Crippen LogP contribution in [0.2, 0.25) is 0 Å². The average molecular weight is 319 g/mol. The van der Waals surface area contributed by atoms with Gasteiger partial charge in [-0.25, -0.2) is 0 Å². The van der Waals surface area contributed by atoms with Gasteiger partial charge in [-0.2, -0.15) is 0 Å². The third-order valence-corrected chi connectivity index (χ3v) is 6.14. The van der Waals surface area contributed by atoms with E-state index >= 15 is 0 Å². The van der Waals surface area contributed by atoms with Crippen molar-refractivity contribution >= 4 is 0 Å². The quantitative estimate of drug-likeness (QED) is 0.870. The zero-order chi connectivity index (χ0) is 17.0. The Morgan fingerprint density at radius 2 is 2.17 bits per heavy atom. The number of piperidine rings is 1. The van der Waals surface area contributed by atoms with Crippen LogP contribution in [0.25, 0.3) is 0 Å². The molecule has 0 saturated carbocycles. The van der Waals surface area contributed by atoms with Crippen molar-refractivity contribution in [1.82, 2.24) is 4.90 Å². The molecule has 0 radical (unpaired) electrons. The van der Waals surface area contributed by atoms with Crippen LogP contribution in [-0.2, 0) is 5.41 Å².